The Balaban J connectivity index is 1.99. The average molecular weight is 434 g/mol. The van der Waals surface area contributed by atoms with Gasteiger partial charge in [-0.15, -0.1) is 0 Å². The van der Waals surface area contributed by atoms with Gasteiger partial charge in [-0.3, -0.25) is 0 Å². The first kappa shape index (κ1) is 21.4. The SMILES string of the molecule is Cc1cccc(-c2nc(S(=O)(=O)c3ccc(Cl)cc3)c(NCCCN(C)C)o2)c1. The number of aryl methyl sites for hydroxylation is 1. The number of oxazole rings is 1. The van der Waals surface area contributed by atoms with Gasteiger partial charge in [-0.05, 0) is 70.4 Å². The molecular weight excluding hydrogens is 410 g/mol. The Morgan fingerprint density at radius 2 is 1.86 bits per heavy atom. The fraction of sp³-hybridized carbons (Fsp3) is 0.286. The number of anilines is 1. The molecule has 3 aromatic rings. The summed E-state index contributed by atoms with van der Waals surface area (Å²) in [6, 6.07) is 13.6. The van der Waals surface area contributed by atoms with Gasteiger partial charge in [0.2, 0.25) is 26.6 Å². The average Bonchev–Trinajstić information content (AvgIpc) is 3.11. The standard InChI is InChI=1S/C21H24ClN3O3S/c1-15-6-4-7-16(14-15)19-24-21(20(28-19)23-12-5-13-25(2)3)29(26,27)18-10-8-17(22)9-11-18/h4,6-11,14,23H,5,12-13H2,1-3H3. The lowest BCUT2D eigenvalue weighted by Crippen LogP contribution is -2.17. The summed E-state index contributed by atoms with van der Waals surface area (Å²) in [5.74, 6) is 0.409. The van der Waals surface area contributed by atoms with Crippen molar-refractivity contribution in [2.45, 2.75) is 23.3 Å². The van der Waals surface area contributed by atoms with Gasteiger partial charge in [0.15, 0.2) is 0 Å². The molecule has 3 rings (SSSR count). The van der Waals surface area contributed by atoms with Gasteiger partial charge in [0.25, 0.3) is 0 Å². The summed E-state index contributed by atoms with van der Waals surface area (Å²) in [6.45, 7) is 3.38. The molecule has 154 valence electrons. The Morgan fingerprint density at radius 3 is 2.52 bits per heavy atom. The van der Waals surface area contributed by atoms with Crippen LogP contribution in [0, 0.1) is 6.92 Å². The van der Waals surface area contributed by atoms with Crippen LogP contribution in [0.15, 0.2) is 62.9 Å². The van der Waals surface area contributed by atoms with Gasteiger partial charge in [-0.1, -0.05) is 29.3 Å². The normalized spacial score (nSPS) is 11.8. The third-order valence-corrected chi connectivity index (χ3v) is 6.24. The monoisotopic (exact) mass is 433 g/mol. The van der Waals surface area contributed by atoms with E-state index in [9.17, 15) is 8.42 Å². The third-order valence-electron chi connectivity index (χ3n) is 4.31. The Morgan fingerprint density at radius 1 is 1.14 bits per heavy atom. The molecule has 6 nitrogen and oxygen atoms in total. The van der Waals surface area contributed by atoms with E-state index in [4.69, 9.17) is 16.0 Å². The molecule has 0 aliphatic carbocycles. The van der Waals surface area contributed by atoms with Gasteiger partial charge in [0.1, 0.15) is 0 Å². The number of aromatic nitrogens is 1. The van der Waals surface area contributed by atoms with E-state index in [1.165, 1.54) is 12.1 Å². The number of hydrogen-bond donors (Lipinski definition) is 1. The maximum absolute atomic E-state index is 13.2. The second-order valence-corrected chi connectivity index (χ2v) is 9.37. The Hall–Kier alpha value is -2.35. The van der Waals surface area contributed by atoms with Gasteiger partial charge < -0.3 is 14.6 Å². The fourth-order valence-corrected chi connectivity index (χ4v) is 4.23. The minimum Gasteiger partial charge on any atom is -0.419 e. The van der Waals surface area contributed by atoms with Crippen LogP contribution in [-0.2, 0) is 9.84 Å². The first-order valence-corrected chi connectivity index (χ1v) is 11.1. The highest BCUT2D eigenvalue weighted by Gasteiger charge is 2.28. The van der Waals surface area contributed by atoms with Gasteiger partial charge in [0, 0.05) is 17.1 Å². The molecule has 0 saturated carbocycles. The maximum Gasteiger partial charge on any atom is 0.233 e. The molecule has 0 bridgehead atoms. The lowest BCUT2D eigenvalue weighted by atomic mass is 10.1. The third kappa shape index (κ3) is 5.18. The molecule has 0 atom stereocenters. The molecule has 0 amide bonds. The molecule has 29 heavy (non-hydrogen) atoms. The van der Waals surface area contributed by atoms with Crippen molar-refractivity contribution in [1.82, 2.24) is 9.88 Å². The van der Waals surface area contributed by atoms with Crippen molar-refractivity contribution in [2.24, 2.45) is 0 Å². The van der Waals surface area contributed by atoms with Gasteiger partial charge >= 0.3 is 0 Å². The van der Waals surface area contributed by atoms with E-state index < -0.39 is 9.84 Å². The zero-order valence-corrected chi connectivity index (χ0v) is 18.2. The quantitative estimate of drug-likeness (QED) is 0.527. The molecule has 2 aromatic carbocycles. The van der Waals surface area contributed by atoms with Crippen molar-refractivity contribution >= 4 is 27.3 Å². The lowest BCUT2D eigenvalue weighted by Gasteiger charge is -2.10. The molecule has 1 N–H and O–H groups in total. The summed E-state index contributed by atoms with van der Waals surface area (Å²) >= 11 is 5.90. The van der Waals surface area contributed by atoms with Crippen LogP contribution < -0.4 is 5.32 Å². The number of rotatable bonds is 8. The van der Waals surface area contributed by atoms with Crippen molar-refractivity contribution < 1.29 is 12.8 Å². The van der Waals surface area contributed by atoms with E-state index in [0.717, 1.165) is 24.1 Å². The zero-order chi connectivity index (χ0) is 21.0. The van der Waals surface area contributed by atoms with Crippen LogP contribution in [0.3, 0.4) is 0 Å². The van der Waals surface area contributed by atoms with E-state index >= 15 is 0 Å². The maximum atomic E-state index is 13.2. The summed E-state index contributed by atoms with van der Waals surface area (Å²) < 4.78 is 32.3. The number of nitrogens with zero attached hydrogens (tertiary/aromatic N) is 2. The number of benzene rings is 2. The number of sulfone groups is 1. The summed E-state index contributed by atoms with van der Waals surface area (Å²) in [5.41, 5.74) is 1.75. The Bertz CT molecular complexity index is 1080. The van der Waals surface area contributed by atoms with E-state index in [2.05, 4.69) is 15.2 Å². The number of halogens is 1. The molecular formula is C21H24ClN3O3S. The molecule has 0 fully saturated rings. The molecule has 0 unspecified atom stereocenters. The first-order chi connectivity index (χ1) is 13.8. The second-order valence-electron chi connectivity index (χ2n) is 7.06. The fourth-order valence-electron chi connectivity index (χ4n) is 2.82. The minimum atomic E-state index is -3.87. The highest BCUT2D eigenvalue weighted by atomic mass is 35.5. The van der Waals surface area contributed by atoms with Crippen molar-refractivity contribution in [3.63, 3.8) is 0 Å². The van der Waals surface area contributed by atoms with E-state index in [-0.39, 0.29) is 21.7 Å². The second kappa shape index (κ2) is 8.98. The largest absolute Gasteiger partial charge is 0.419 e. The topological polar surface area (TPSA) is 75.4 Å². The molecule has 0 radical (unpaired) electrons. The van der Waals surface area contributed by atoms with Crippen LogP contribution in [0.1, 0.15) is 12.0 Å². The van der Waals surface area contributed by atoms with E-state index in [0.29, 0.717) is 11.6 Å². The summed E-state index contributed by atoms with van der Waals surface area (Å²) in [7, 11) is 0.100. The number of hydrogen-bond acceptors (Lipinski definition) is 6. The molecule has 0 spiro atoms. The van der Waals surface area contributed by atoms with E-state index in [1.54, 1.807) is 12.1 Å². The molecule has 8 heteroatoms. The van der Waals surface area contributed by atoms with Gasteiger partial charge in [0.05, 0.1) is 4.90 Å². The van der Waals surface area contributed by atoms with E-state index in [1.807, 2.05) is 45.3 Å². The Kier molecular flexibility index (Phi) is 6.62. The molecule has 0 aliphatic heterocycles. The molecule has 0 saturated heterocycles. The predicted octanol–water partition coefficient (Wildman–Crippen LogP) is 4.50. The lowest BCUT2D eigenvalue weighted by molar-refractivity contribution is 0.404. The minimum absolute atomic E-state index is 0.113. The smallest absolute Gasteiger partial charge is 0.233 e. The van der Waals surface area contributed by atoms with Crippen molar-refractivity contribution in [2.75, 3.05) is 32.5 Å². The van der Waals surface area contributed by atoms with Crippen molar-refractivity contribution in [3.05, 3.63) is 59.1 Å². The van der Waals surface area contributed by atoms with Crippen molar-refractivity contribution in [3.8, 4) is 11.5 Å². The highest BCUT2D eigenvalue weighted by molar-refractivity contribution is 7.91. The van der Waals surface area contributed by atoms with Crippen LogP contribution in [-0.4, -0.2) is 45.5 Å². The van der Waals surface area contributed by atoms with Crippen LogP contribution in [0.5, 0.6) is 0 Å². The van der Waals surface area contributed by atoms with Crippen LogP contribution in [0.2, 0.25) is 5.02 Å². The van der Waals surface area contributed by atoms with Gasteiger partial charge in [-0.2, -0.15) is 4.98 Å². The van der Waals surface area contributed by atoms with Crippen LogP contribution in [0.25, 0.3) is 11.5 Å². The molecule has 0 aliphatic rings. The first-order valence-electron chi connectivity index (χ1n) is 9.24. The Labute approximate surface area is 176 Å². The summed E-state index contributed by atoms with van der Waals surface area (Å²) in [5, 5.41) is 3.44. The molecule has 1 aromatic heterocycles. The summed E-state index contributed by atoms with van der Waals surface area (Å²) in [6.07, 6.45) is 0.827. The zero-order valence-electron chi connectivity index (χ0n) is 16.6. The van der Waals surface area contributed by atoms with Gasteiger partial charge in [-0.25, -0.2) is 8.42 Å². The predicted molar refractivity (Wildman–Crippen MR) is 115 cm³/mol. The highest BCUT2D eigenvalue weighted by Crippen LogP contribution is 2.33. The van der Waals surface area contributed by atoms with Crippen LogP contribution in [0.4, 0.5) is 5.88 Å². The summed E-state index contributed by atoms with van der Waals surface area (Å²) in [4.78, 5) is 6.52. The van der Waals surface area contributed by atoms with Crippen LogP contribution >= 0.6 is 11.6 Å². The van der Waals surface area contributed by atoms with Crippen molar-refractivity contribution in [1.29, 1.82) is 0 Å². The molecule has 1 heterocycles. The number of nitrogens with one attached hydrogen (secondary N) is 1.